The SMILES string of the molecule is CCOCCNc1nc(N)nc2sc(C)cc12. The van der Waals surface area contributed by atoms with Gasteiger partial charge in [0.05, 0.1) is 12.0 Å². The number of hydrogen-bond donors (Lipinski definition) is 2. The first-order valence-electron chi connectivity index (χ1n) is 5.56. The summed E-state index contributed by atoms with van der Waals surface area (Å²) in [6.45, 7) is 6.12. The average Bonchev–Trinajstić information content (AvgIpc) is 2.64. The number of aromatic nitrogens is 2. The summed E-state index contributed by atoms with van der Waals surface area (Å²) in [5, 5.41) is 4.25. The van der Waals surface area contributed by atoms with E-state index < -0.39 is 0 Å². The molecule has 0 aliphatic heterocycles. The minimum atomic E-state index is 0.304. The molecular weight excluding hydrogens is 236 g/mol. The third-order valence-electron chi connectivity index (χ3n) is 2.28. The maximum atomic E-state index is 5.68. The van der Waals surface area contributed by atoms with E-state index in [4.69, 9.17) is 10.5 Å². The second-order valence-corrected chi connectivity index (χ2v) is 4.86. The van der Waals surface area contributed by atoms with E-state index in [-0.39, 0.29) is 0 Å². The van der Waals surface area contributed by atoms with Gasteiger partial charge >= 0.3 is 0 Å². The van der Waals surface area contributed by atoms with E-state index in [1.54, 1.807) is 11.3 Å². The molecule has 2 aromatic heterocycles. The van der Waals surface area contributed by atoms with Crippen LogP contribution in [0.15, 0.2) is 6.07 Å². The maximum absolute atomic E-state index is 5.68. The molecule has 0 saturated carbocycles. The Kier molecular flexibility index (Phi) is 3.75. The molecule has 0 aromatic carbocycles. The van der Waals surface area contributed by atoms with E-state index in [1.165, 1.54) is 4.88 Å². The van der Waals surface area contributed by atoms with Gasteiger partial charge < -0.3 is 15.8 Å². The number of aryl methyl sites for hydroxylation is 1. The normalized spacial score (nSPS) is 10.9. The molecule has 0 aliphatic rings. The van der Waals surface area contributed by atoms with Crippen LogP contribution in [0.2, 0.25) is 0 Å². The second kappa shape index (κ2) is 5.29. The number of nitrogens with two attached hydrogens (primary N) is 1. The van der Waals surface area contributed by atoms with Crippen LogP contribution >= 0.6 is 11.3 Å². The van der Waals surface area contributed by atoms with E-state index in [1.807, 2.05) is 13.8 Å². The molecule has 0 fully saturated rings. The summed E-state index contributed by atoms with van der Waals surface area (Å²) >= 11 is 1.62. The standard InChI is InChI=1S/C11H16N4OS/c1-3-16-5-4-13-9-8-6-7(2)17-10(8)15-11(12)14-9/h6H,3-5H2,1-2H3,(H3,12,13,14,15). The van der Waals surface area contributed by atoms with Crippen molar-refractivity contribution in [1.82, 2.24) is 9.97 Å². The summed E-state index contributed by atoms with van der Waals surface area (Å²) in [6, 6.07) is 2.07. The van der Waals surface area contributed by atoms with Gasteiger partial charge in [-0.05, 0) is 19.9 Å². The van der Waals surface area contributed by atoms with Crippen molar-refractivity contribution < 1.29 is 4.74 Å². The fourth-order valence-electron chi connectivity index (χ4n) is 1.58. The van der Waals surface area contributed by atoms with Gasteiger partial charge in [-0.1, -0.05) is 0 Å². The van der Waals surface area contributed by atoms with Crippen LogP contribution in [0.5, 0.6) is 0 Å². The Morgan fingerprint density at radius 1 is 1.47 bits per heavy atom. The monoisotopic (exact) mass is 252 g/mol. The number of anilines is 2. The van der Waals surface area contributed by atoms with Crippen molar-refractivity contribution in [1.29, 1.82) is 0 Å². The average molecular weight is 252 g/mol. The summed E-state index contributed by atoms with van der Waals surface area (Å²) in [7, 11) is 0. The lowest BCUT2D eigenvalue weighted by molar-refractivity contribution is 0.158. The maximum Gasteiger partial charge on any atom is 0.223 e. The van der Waals surface area contributed by atoms with Gasteiger partial charge in [-0.3, -0.25) is 0 Å². The van der Waals surface area contributed by atoms with Crippen LogP contribution in [0.1, 0.15) is 11.8 Å². The predicted octanol–water partition coefficient (Wildman–Crippen LogP) is 2.03. The largest absolute Gasteiger partial charge is 0.380 e. The van der Waals surface area contributed by atoms with E-state index in [0.29, 0.717) is 19.1 Å². The van der Waals surface area contributed by atoms with Gasteiger partial charge in [0.15, 0.2) is 0 Å². The van der Waals surface area contributed by atoms with Crippen molar-refractivity contribution >= 4 is 33.3 Å². The Bertz CT molecular complexity index is 511. The molecule has 3 N–H and O–H groups in total. The molecule has 6 heteroatoms. The van der Waals surface area contributed by atoms with Gasteiger partial charge in [-0.15, -0.1) is 11.3 Å². The quantitative estimate of drug-likeness (QED) is 0.797. The molecule has 0 aliphatic carbocycles. The predicted molar refractivity (Wildman–Crippen MR) is 71.5 cm³/mol. The highest BCUT2D eigenvalue weighted by molar-refractivity contribution is 7.18. The van der Waals surface area contributed by atoms with Crippen LogP contribution in [-0.4, -0.2) is 29.7 Å². The van der Waals surface area contributed by atoms with Gasteiger partial charge in [0.1, 0.15) is 10.6 Å². The third-order valence-corrected chi connectivity index (χ3v) is 3.22. The Morgan fingerprint density at radius 3 is 3.06 bits per heavy atom. The fourth-order valence-corrected chi connectivity index (χ4v) is 2.47. The summed E-state index contributed by atoms with van der Waals surface area (Å²) in [4.78, 5) is 10.6. The lowest BCUT2D eigenvalue weighted by atomic mass is 10.3. The molecule has 0 radical (unpaired) electrons. The number of nitrogen functional groups attached to an aromatic ring is 1. The Labute approximate surface area is 104 Å². The lowest BCUT2D eigenvalue weighted by Gasteiger charge is -2.07. The van der Waals surface area contributed by atoms with Crippen LogP contribution in [0.4, 0.5) is 11.8 Å². The first-order chi connectivity index (χ1) is 8.20. The number of fused-ring (bicyclic) bond motifs is 1. The number of rotatable bonds is 5. The van der Waals surface area contributed by atoms with E-state index in [9.17, 15) is 0 Å². The highest BCUT2D eigenvalue weighted by Crippen LogP contribution is 2.28. The molecule has 2 rings (SSSR count). The van der Waals surface area contributed by atoms with Crippen LogP contribution < -0.4 is 11.1 Å². The van der Waals surface area contributed by atoms with Gasteiger partial charge in [0, 0.05) is 18.0 Å². The number of nitrogens with zero attached hydrogens (tertiary/aromatic N) is 2. The number of ether oxygens (including phenoxy) is 1. The van der Waals surface area contributed by atoms with E-state index in [0.717, 1.165) is 22.6 Å². The van der Waals surface area contributed by atoms with Crippen molar-refractivity contribution in [2.24, 2.45) is 0 Å². The third kappa shape index (κ3) is 2.83. The van der Waals surface area contributed by atoms with Gasteiger partial charge in [0.2, 0.25) is 5.95 Å². The van der Waals surface area contributed by atoms with Gasteiger partial charge in [0.25, 0.3) is 0 Å². The zero-order valence-corrected chi connectivity index (χ0v) is 10.8. The molecule has 0 unspecified atom stereocenters. The van der Waals surface area contributed by atoms with Crippen molar-refractivity contribution in [2.45, 2.75) is 13.8 Å². The number of nitrogens with one attached hydrogen (secondary N) is 1. The van der Waals surface area contributed by atoms with Crippen LogP contribution in [0.25, 0.3) is 10.2 Å². The van der Waals surface area contributed by atoms with Gasteiger partial charge in [-0.25, -0.2) is 4.98 Å². The fraction of sp³-hybridized carbons (Fsp3) is 0.455. The Hall–Kier alpha value is -1.40. The van der Waals surface area contributed by atoms with Crippen LogP contribution in [0, 0.1) is 6.92 Å². The van der Waals surface area contributed by atoms with Crippen molar-refractivity contribution in [3.8, 4) is 0 Å². The molecule has 0 atom stereocenters. The minimum absolute atomic E-state index is 0.304. The Morgan fingerprint density at radius 2 is 2.29 bits per heavy atom. The molecule has 17 heavy (non-hydrogen) atoms. The van der Waals surface area contributed by atoms with Gasteiger partial charge in [-0.2, -0.15) is 4.98 Å². The van der Waals surface area contributed by atoms with Crippen LogP contribution in [-0.2, 0) is 4.74 Å². The molecule has 0 spiro atoms. The van der Waals surface area contributed by atoms with Crippen LogP contribution in [0.3, 0.4) is 0 Å². The first-order valence-corrected chi connectivity index (χ1v) is 6.37. The highest BCUT2D eigenvalue weighted by atomic mass is 32.1. The van der Waals surface area contributed by atoms with Crippen molar-refractivity contribution in [2.75, 3.05) is 30.8 Å². The molecule has 0 bridgehead atoms. The second-order valence-electron chi connectivity index (χ2n) is 3.63. The zero-order chi connectivity index (χ0) is 12.3. The number of hydrogen-bond acceptors (Lipinski definition) is 6. The molecule has 5 nitrogen and oxygen atoms in total. The summed E-state index contributed by atoms with van der Waals surface area (Å²) in [5.41, 5.74) is 5.68. The Balaban J connectivity index is 2.19. The smallest absolute Gasteiger partial charge is 0.223 e. The summed E-state index contributed by atoms with van der Waals surface area (Å²) < 4.78 is 5.27. The summed E-state index contributed by atoms with van der Waals surface area (Å²) in [6.07, 6.45) is 0. The molecule has 0 amide bonds. The van der Waals surface area contributed by atoms with E-state index >= 15 is 0 Å². The number of thiophene rings is 1. The molecule has 2 heterocycles. The molecule has 92 valence electrons. The molecule has 2 aromatic rings. The lowest BCUT2D eigenvalue weighted by Crippen LogP contribution is -2.11. The highest BCUT2D eigenvalue weighted by Gasteiger charge is 2.08. The molecule has 0 saturated heterocycles. The molecular formula is C11H16N4OS. The van der Waals surface area contributed by atoms with Crippen molar-refractivity contribution in [3.63, 3.8) is 0 Å². The topological polar surface area (TPSA) is 73.1 Å². The zero-order valence-electron chi connectivity index (χ0n) is 9.99. The summed E-state index contributed by atoms with van der Waals surface area (Å²) in [5.74, 6) is 1.09. The first kappa shape index (κ1) is 12.1. The van der Waals surface area contributed by atoms with E-state index in [2.05, 4.69) is 21.4 Å². The van der Waals surface area contributed by atoms with Crippen molar-refractivity contribution in [3.05, 3.63) is 10.9 Å². The minimum Gasteiger partial charge on any atom is -0.380 e.